The second-order valence-corrected chi connectivity index (χ2v) is 5.21. The van der Waals surface area contributed by atoms with Crippen LogP contribution >= 0.6 is 0 Å². The van der Waals surface area contributed by atoms with Crippen LogP contribution in [-0.4, -0.2) is 24.9 Å². The number of phenols is 1. The predicted octanol–water partition coefficient (Wildman–Crippen LogP) is 3.02. The van der Waals surface area contributed by atoms with E-state index >= 15 is 0 Å². The first kappa shape index (κ1) is 15.0. The molecule has 1 atom stereocenters. The first-order chi connectivity index (χ1) is 8.50. The highest BCUT2D eigenvalue weighted by Gasteiger charge is 2.09. The Morgan fingerprint density at radius 3 is 2.61 bits per heavy atom. The lowest BCUT2D eigenvalue weighted by Gasteiger charge is -2.16. The van der Waals surface area contributed by atoms with Gasteiger partial charge in [0.25, 0.3) is 0 Å². The molecule has 2 N–H and O–H groups in total. The van der Waals surface area contributed by atoms with Gasteiger partial charge in [-0.25, -0.2) is 0 Å². The molecular weight excluding hydrogens is 226 g/mol. The zero-order chi connectivity index (χ0) is 13.5. The van der Waals surface area contributed by atoms with Crippen LogP contribution in [0.3, 0.4) is 0 Å². The summed E-state index contributed by atoms with van der Waals surface area (Å²) in [7, 11) is 0. The van der Waals surface area contributed by atoms with E-state index in [1.807, 2.05) is 26.0 Å². The minimum absolute atomic E-state index is 0.133. The number of aromatic hydroxyl groups is 1. The lowest BCUT2D eigenvalue weighted by molar-refractivity contribution is 0.110. The highest BCUT2D eigenvalue weighted by Crippen LogP contribution is 2.24. The first-order valence-corrected chi connectivity index (χ1v) is 6.61. The van der Waals surface area contributed by atoms with E-state index in [9.17, 15) is 5.11 Å². The zero-order valence-corrected chi connectivity index (χ0v) is 11.9. The molecule has 3 nitrogen and oxygen atoms in total. The van der Waals surface area contributed by atoms with Gasteiger partial charge in [0.15, 0.2) is 0 Å². The summed E-state index contributed by atoms with van der Waals surface area (Å²) in [5.74, 6) is 0.932. The van der Waals surface area contributed by atoms with Crippen LogP contribution in [0.4, 0.5) is 0 Å². The summed E-state index contributed by atoms with van der Waals surface area (Å²) < 4.78 is 5.51. The van der Waals surface area contributed by atoms with Gasteiger partial charge >= 0.3 is 0 Å². The Labute approximate surface area is 110 Å². The van der Waals surface area contributed by atoms with Crippen LogP contribution in [0.15, 0.2) is 18.2 Å². The van der Waals surface area contributed by atoms with Gasteiger partial charge in [-0.1, -0.05) is 26.0 Å². The van der Waals surface area contributed by atoms with Gasteiger partial charge in [0, 0.05) is 24.8 Å². The van der Waals surface area contributed by atoms with E-state index < -0.39 is 0 Å². The van der Waals surface area contributed by atoms with Crippen molar-refractivity contribution >= 4 is 0 Å². The minimum Gasteiger partial charge on any atom is -0.508 e. The normalized spacial score (nSPS) is 12.9. The second kappa shape index (κ2) is 7.39. The molecule has 1 aromatic rings. The minimum atomic E-state index is 0.133. The average Bonchev–Trinajstić information content (AvgIpc) is 2.27. The van der Waals surface area contributed by atoms with Gasteiger partial charge in [-0.3, -0.25) is 0 Å². The van der Waals surface area contributed by atoms with Crippen molar-refractivity contribution in [3.63, 3.8) is 0 Å². The molecule has 0 amide bonds. The molecule has 0 fully saturated rings. The molecule has 1 aromatic carbocycles. The largest absolute Gasteiger partial charge is 0.508 e. The smallest absolute Gasteiger partial charge is 0.120 e. The lowest BCUT2D eigenvalue weighted by atomic mass is 10.1. The summed E-state index contributed by atoms with van der Waals surface area (Å²) in [5.41, 5.74) is 2.01. The van der Waals surface area contributed by atoms with Crippen molar-refractivity contribution in [2.45, 2.75) is 33.7 Å². The molecule has 1 rings (SSSR count). The highest BCUT2D eigenvalue weighted by atomic mass is 16.5. The summed E-state index contributed by atoms with van der Waals surface area (Å²) in [5, 5.41) is 13.2. The fourth-order valence-corrected chi connectivity index (χ4v) is 1.80. The Hall–Kier alpha value is -1.06. The van der Waals surface area contributed by atoms with E-state index in [0.717, 1.165) is 24.3 Å². The number of phenolic OH excluding ortho intramolecular Hbond substituents is 1. The van der Waals surface area contributed by atoms with Gasteiger partial charge in [0.05, 0.1) is 6.61 Å². The molecule has 0 heterocycles. The van der Waals surface area contributed by atoms with Gasteiger partial charge in [-0.2, -0.15) is 0 Å². The number of ether oxygens (including phenoxy) is 1. The van der Waals surface area contributed by atoms with Gasteiger partial charge in [0.1, 0.15) is 5.75 Å². The molecule has 3 heteroatoms. The van der Waals surface area contributed by atoms with Gasteiger partial charge in [-0.05, 0) is 31.4 Å². The summed E-state index contributed by atoms with van der Waals surface area (Å²) >= 11 is 0. The molecule has 102 valence electrons. The van der Waals surface area contributed by atoms with Crippen molar-refractivity contribution < 1.29 is 9.84 Å². The van der Waals surface area contributed by atoms with Crippen LogP contribution in [0.5, 0.6) is 5.75 Å². The Kier molecular flexibility index (Phi) is 6.16. The Bertz CT molecular complexity index is 364. The van der Waals surface area contributed by atoms with E-state index in [0.29, 0.717) is 18.3 Å². The number of hydrogen-bond acceptors (Lipinski definition) is 3. The quantitative estimate of drug-likeness (QED) is 0.732. The number of nitrogens with one attached hydrogen (secondary N) is 1. The second-order valence-electron chi connectivity index (χ2n) is 5.21. The van der Waals surface area contributed by atoms with E-state index in [1.165, 1.54) is 0 Å². The van der Waals surface area contributed by atoms with Crippen molar-refractivity contribution in [2.75, 3.05) is 19.8 Å². The number of aryl methyl sites for hydroxylation is 1. The van der Waals surface area contributed by atoms with Crippen LogP contribution in [0.2, 0.25) is 0 Å². The van der Waals surface area contributed by atoms with Crippen molar-refractivity contribution in [3.05, 3.63) is 29.3 Å². The van der Waals surface area contributed by atoms with Crippen molar-refractivity contribution in [1.29, 1.82) is 0 Å². The van der Waals surface area contributed by atoms with E-state index in [-0.39, 0.29) is 6.04 Å². The summed E-state index contributed by atoms with van der Waals surface area (Å²) in [6, 6.07) is 5.91. The Morgan fingerprint density at radius 1 is 1.28 bits per heavy atom. The molecule has 0 aliphatic carbocycles. The van der Waals surface area contributed by atoms with Gasteiger partial charge < -0.3 is 15.2 Å². The molecule has 0 radical (unpaired) electrons. The maximum Gasteiger partial charge on any atom is 0.120 e. The Balaban J connectivity index is 2.34. The third-order valence-electron chi connectivity index (χ3n) is 2.80. The molecular formula is C15H25NO2. The van der Waals surface area contributed by atoms with Crippen molar-refractivity contribution in [1.82, 2.24) is 5.32 Å². The molecule has 1 unspecified atom stereocenters. The number of hydrogen-bond donors (Lipinski definition) is 2. The van der Waals surface area contributed by atoms with Crippen LogP contribution in [-0.2, 0) is 4.74 Å². The van der Waals surface area contributed by atoms with Crippen molar-refractivity contribution in [3.8, 4) is 5.75 Å². The SMILES string of the molecule is Cc1ccc(C(C)NCCOCC(C)C)c(O)c1. The van der Waals surface area contributed by atoms with Gasteiger partial charge in [-0.15, -0.1) is 0 Å². The predicted molar refractivity (Wildman–Crippen MR) is 74.9 cm³/mol. The van der Waals surface area contributed by atoms with Crippen LogP contribution in [0.1, 0.15) is 37.9 Å². The molecule has 0 aliphatic rings. The average molecular weight is 251 g/mol. The third kappa shape index (κ3) is 5.07. The van der Waals surface area contributed by atoms with Crippen LogP contribution in [0, 0.1) is 12.8 Å². The molecule has 0 aromatic heterocycles. The fraction of sp³-hybridized carbons (Fsp3) is 0.600. The summed E-state index contributed by atoms with van der Waals surface area (Å²) in [4.78, 5) is 0. The summed E-state index contributed by atoms with van der Waals surface area (Å²) in [6.07, 6.45) is 0. The van der Waals surface area contributed by atoms with E-state index in [4.69, 9.17) is 4.74 Å². The topological polar surface area (TPSA) is 41.5 Å². The molecule has 0 aliphatic heterocycles. The zero-order valence-electron chi connectivity index (χ0n) is 11.9. The monoisotopic (exact) mass is 251 g/mol. The van der Waals surface area contributed by atoms with Crippen LogP contribution in [0.25, 0.3) is 0 Å². The van der Waals surface area contributed by atoms with Crippen molar-refractivity contribution in [2.24, 2.45) is 5.92 Å². The van der Waals surface area contributed by atoms with E-state index in [1.54, 1.807) is 6.07 Å². The van der Waals surface area contributed by atoms with E-state index in [2.05, 4.69) is 19.2 Å². The lowest BCUT2D eigenvalue weighted by Crippen LogP contribution is -2.24. The fourth-order valence-electron chi connectivity index (χ4n) is 1.80. The molecule has 18 heavy (non-hydrogen) atoms. The molecule has 0 saturated heterocycles. The summed E-state index contributed by atoms with van der Waals surface area (Å²) in [6.45, 7) is 10.6. The molecule has 0 bridgehead atoms. The molecule has 0 saturated carbocycles. The van der Waals surface area contributed by atoms with Crippen LogP contribution < -0.4 is 5.32 Å². The van der Waals surface area contributed by atoms with Gasteiger partial charge in [0.2, 0.25) is 0 Å². The first-order valence-electron chi connectivity index (χ1n) is 6.61. The Morgan fingerprint density at radius 2 is 2.00 bits per heavy atom. The number of benzene rings is 1. The maximum atomic E-state index is 9.87. The highest BCUT2D eigenvalue weighted by molar-refractivity contribution is 5.37. The third-order valence-corrected chi connectivity index (χ3v) is 2.80. The molecule has 0 spiro atoms. The maximum absolute atomic E-state index is 9.87. The standard InChI is InChI=1S/C15H25NO2/c1-11(2)10-18-8-7-16-13(4)14-6-5-12(3)9-15(14)17/h5-6,9,11,13,16-17H,7-8,10H2,1-4H3. The number of rotatable bonds is 7.